The second kappa shape index (κ2) is 13.7. The van der Waals surface area contributed by atoms with Gasteiger partial charge in [0.05, 0.1) is 0 Å². The Kier molecular flexibility index (Phi) is 10.9. The molecule has 8 nitrogen and oxygen atoms in total. The third-order valence-electron chi connectivity index (χ3n) is 6.03. The highest BCUT2D eigenvalue weighted by molar-refractivity contribution is 5.96. The van der Waals surface area contributed by atoms with Crippen LogP contribution in [-0.4, -0.2) is 59.2 Å². The number of hydrogen-bond acceptors (Lipinski definition) is 5. The molecular weight excluding hydrogens is 462 g/mol. The molecule has 0 atom stereocenters. The minimum atomic E-state index is -1.38. The summed E-state index contributed by atoms with van der Waals surface area (Å²) in [5.41, 5.74) is -1.97. The van der Waals surface area contributed by atoms with Gasteiger partial charge in [-0.05, 0) is 25.0 Å². The molecule has 0 fully saturated rings. The van der Waals surface area contributed by atoms with Crippen LogP contribution >= 0.6 is 0 Å². The maximum atomic E-state index is 13.9. The Morgan fingerprint density at radius 3 is 1.86 bits per heavy atom. The lowest BCUT2D eigenvalue weighted by Gasteiger charge is -2.16. The number of hydrogen-bond donors (Lipinski definition) is 2. The minimum absolute atomic E-state index is 0.123. The molecule has 0 unspecified atom stereocenters. The number of amides is 2. The van der Waals surface area contributed by atoms with E-state index in [0.717, 1.165) is 76.3 Å². The van der Waals surface area contributed by atoms with Gasteiger partial charge >= 0.3 is 11.7 Å². The number of carboxylic acid groups (broad SMARTS) is 1. The average Bonchev–Trinajstić information content (AvgIpc) is 2.82. The molecule has 1 aromatic carbocycles. The lowest BCUT2D eigenvalue weighted by Crippen LogP contribution is -2.31. The number of halogens is 2. The number of rotatable bonds is 14. The van der Waals surface area contributed by atoms with E-state index in [4.69, 9.17) is 9.52 Å². The van der Waals surface area contributed by atoms with Gasteiger partial charge < -0.3 is 24.4 Å². The van der Waals surface area contributed by atoms with Gasteiger partial charge in [-0.2, -0.15) is 4.39 Å². The van der Waals surface area contributed by atoms with Gasteiger partial charge in [-0.3, -0.25) is 4.79 Å². The Balaban J connectivity index is 1.65. The van der Waals surface area contributed by atoms with Crippen LogP contribution < -0.4 is 5.63 Å². The number of phenolic OH excluding ortho intramolecular Hbond substituents is 1. The van der Waals surface area contributed by atoms with E-state index in [1.165, 1.54) is 9.80 Å². The van der Waals surface area contributed by atoms with Crippen molar-refractivity contribution in [2.75, 3.05) is 27.2 Å². The highest BCUT2D eigenvalue weighted by Crippen LogP contribution is 2.28. The molecule has 1 heterocycles. The van der Waals surface area contributed by atoms with E-state index in [9.17, 15) is 28.3 Å². The Morgan fingerprint density at radius 2 is 1.34 bits per heavy atom. The number of carbonyl (C=O) groups is 2. The van der Waals surface area contributed by atoms with Gasteiger partial charge in [0.15, 0.2) is 17.1 Å². The third-order valence-corrected chi connectivity index (χ3v) is 6.03. The van der Waals surface area contributed by atoms with E-state index in [1.807, 2.05) is 0 Å². The highest BCUT2D eigenvalue weighted by Gasteiger charge is 2.21. The predicted octanol–water partition coefficient (Wildman–Crippen LogP) is 5.36. The van der Waals surface area contributed by atoms with E-state index in [0.29, 0.717) is 13.1 Å². The lowest BCUT2D eigenvalue weighted by molar-refractivity contribution is 0.0788. The van der Waals surface area contributed by atoms with Crippen molar-refractivity contribution in [2.24, 2.45) is 0 Å². The fraction of sp³-hybridized carbons (Fsp3) is 0.560. The molecule has 2 aromatic rings. The summed E-state index contributed by atoms with van der Waals surface area (Å²) >= 11 is 0. The van der Waals surface area contributed by atoms with E-state index in [1.54, 1.807) is 14.1 Å². The van der Waals surface area contributed by atoms with E-state index < -0.39 is 40.6 Å². The molecule has 0 spiro atoms. The van der Waals surface area contributed by atoms with Crippen LogP contribution in [0.5, 0.6) is 5.75 Å². The SMILES string of the molecule is CN(CCCCCCCCCCCCN(C)C(=O)c1cc2cc(F)c(O)c(F)c2oc1=O)C(=O)O. The van der Waals surface area contributed by atoms with Crippen LogP contribution in [0.1, 0.15) is 74.6 Å². The minimum Gasteiger partial charge on any atom is -0.503 e. The van der Waals surface area contributed by atoms with Crippen molar-refractivity contribution in [3.63, 3.8) is 0 Å². The Hall–Kier alpha value is -3.17. The number of aromatic hydroxyl groups is 1. The summed E-state index contributed by atoms with van der Waals surface area (Å²) in [7, 11) is 3.13. The second-order valence-corrected chi connectivity index (χ2v) is 8.85. The zero-order valence-corrected chi connectivity index (χ0v) is 20.3. The first-order chi connectivity index (χ1) is 16.6. The van der Waals surface area contributed by atoms with Gasteiger partial charge in [0.2, 0.25) is 5.82 Å². The molecule has 2 amide bonds. The smallest absolute Gasteiger partial charge is 0.407 e. The molecule has 2 N–H and O–H groups in total. The Labute approximate surface area is 203 Å². The van der Waals surface area contributed by atoms with Crippen LogP contribution in [-0.2, 0) is 0 Å². The molecule has 0 aliphatic rings. The van der Waals surface area contributed by atoms with Crippen LogP contribution in [0, 0.1) is 11.6 Å². The molecule has 0 bridgehead atoms. The summed E-state index contributed by atoms with van der Waals surface area (Å²) in [5.74, 6) is -4.42. The molecule has 2 rings (SSSR count). The van der Waals surface area contributed by atoms with Gasteiger partial charge in [-0.15, -0.1) is 0 Å². The molecule has 0 aliphatic heterocycles. The molecule has 0 aliphatic carbocycles. The first kappa shape index (κ1) is 28.1. The van der Waals surface area contributed by atoms with Gasteiger partial charge in [0.25, 0.3) is 5.91 Å². The number of phenols is 1. The summed E-state index contributed by atoms with van der Waals surface area (Å²) < 4.78 is 32.4. The predicted molar refractivity (Wildman–Crippen MR) is 128 cm³/mol. The maximum absolute atomic E-state index is 13.9. The summed E-state index contributed by atoms with van der Waals surface area (Å²) in [4.78, 5) is 38.2. The van der Waals surface area contributed by atoms with Crippen molar-refractivity contribution in [3.05, 3.63) is 39.8 Å². The largest absolute Gasteiger partial charge is 0.503 e. The second-order valence-electron chi connectivity index (χ2n) is 8.85. The van der Waals surface area contributed by atoms with Crippen molar-refractivity contribution >= 4 is 23.0 Å². The normalized spacial score (nSPS) is 11.1. The number of nitrogens with zero attached hydrogens (tertiary/aromatic N) is 2. The highest BCUT2D eigenvalue weighted by atomic mass is 19.1. The van der Waals surface area contributed by atoms with Crippen molar-refractivity contribution in [1.82, 2.24) is 9.80 Å². The van der Waals surface area contributed by atoms with E-state index >= 15 is 0 Å². The molecule has 1 aromatic heterocycles. The zero-order chi connectivity index (χ0) is 26.0. The Morgan fingerprint density at radius 1 is 0.857 bits per heavy atom. The van der Waals surface area contributed by atoms with Crippen LogP contribution in [0.4, 0.5) is 13.6 Å². The number of carbonyl (C=O) groups excluding carboxylic acids is 1. The lowest BCUT2D eigenvalue weighted by atomic mass is 10.1. The van der Waals surface area contributed by atoms with Crippen molar-refractivity contribution < 1.29 is 33.0 Å². The summed E-state index contributed by atoms with van der Waals surface area (Å²) in [6, 6.07) is 1.89. The first-order valence-corrected chi connectivity index (χ1v) is 12.0. The molecule has 0 saturated heterocycles. The van der Waals surface area contributed by atoms with Crippen LogP contribution in [0.15, 0.2) is 21.3 Å². The topological polar surface area (TPSA) is 111 Å². The molecule has 194 valence electrons. The monoisotopic (exact) mass is 496 g/mol. The number of benzene rings is 1. The molecule has 35 heavy (non-hydrogen) atoms. The van der Waals surface area contributed by atoms with Crippen LogP contribution in [0.2, 0.25) is 0 Å². The van der Waals surface area contributed by atoms with E-state index in [2.05, 4.69) is 0 Å². The number of unbranched alkanes of at least 4 members (excludes halogenated alkanes) is 9. The van der Waals surface area contributed by atoms with E-state index in [-0.39, 0.29) is 10.9 Å². The summed E-state index contributed by atoms with van der Waals surface area (Å²) in [6.45, 7) is 0.999. The standard InChI is InChI=1S/C25H34F2N2O6/c1-28(13-11-9-7-5-3-4-6-8-10-12-14-29(2)25(33)34)23(31)18-15-17-16-19(26)21(30)20(27)22(17)35-24(18)32/h15-16,30H,3-14H2,1-2H3,(H,33,34). The zero-order valence-electron chi connectivity index (χ0n) is 20.3. The summed E-state index contributed by atoms with van der Waals surface area (Å²) in [6.07, 6.45) is 9.34. The molecular formula is C25H34F2N2O6. The van der Waals surface area contributed by atoms with Crippen molar-refractivity contribution in [3.8, 4) is 5.75 Å². The quantitative estimate of drug-likeness (QED) is 0.269. The fourth-order valence-corrected chi connectivity index (χ4v) is 3.85. The molecule has 0 saturated carbocycles. The first-order valence-electron chi connectivity index (χ1n) is 12.0. The maximum Gasteiger partial charge on any atom is 0.407 e. The van der Waals surface area contributed by atoms with Gasteiger partial charge in [0.1, 0.15) is 5.56 Å². The van der Waals surface area contributed by atoms with Gasteiger partial charge in [-0.25, -0.2) is 14.0 Å². The Bertz CT molecular complexity index is 1070. The number of fused-ring (bicyclic) bond motifs is 1. The van der Waals surface area contributed by atoms with Gasteiger partial charge in [-0.1, -0.05) is 51.4 Å². The van der Waals surface area contributed by atoms with Crippen molar-refractivity contribution in [2.45, 2.75) is 64.2 Å². The molecule has 10 heteroatoms. The summed E-state index contributed by atoms with van der Waals surface area (Å²) in [5, 5.41) is 18.0. The van der Waals surface area contributed by atoms with Crippen LogP contribution in [0.25, 0.3) is 11.0 Å². The molecule has 0 radical (unpaired) electrons. The average molecular weight is 497 g/mol. The fourth-order valence-electron chi connectivity index (χ4n) is 3.85. The third kappa shape index (κ3) is 8.22. The van der Waals surface area contributed by atoms with Crippen molar-refractivity contribution in [1.29, 1.82) is 0 Å². The van der Waals surface area contributed by atoms with Gasteiger partial charge in [0, 0.05) is 32.6 Å². The van der Waals surface area contributed by atoms with Crippen LogP contribution in [0.3, 0.4) is 0 Å².